The molecular weight excluding hydrogens is 476 g/mol. The average Bonchev–Trinajstić information content (AvgIpc) is 3.13. The summed E-state index contributed by atoms with van der Waals surface area (Å²) in [6, 6.07) is 0. The van der Waals surface area contributed by atoms with Crippen molar-refractivity contribution in [1.29, 1.82) is 0 Å². The molecule has 8 heteroatoms. The fourth-order valence-corrected chi connectivity index (χ4v) is 9.10. The topological polar surface area (TPSA) is 119 Å². The normalized spacial score (nSPS) is 41.5. The lowest BCUT2D eigenvalue weighted by Gasteiger charge is -2.68. The van der Waals surface area contributed by atoms with E-state index in [0.717, 1.165) is 25.7 Å². The van der Waals surface area contributed by atoms with Gasteiger partial charge in [0.15, 0.2) is 0 Å². The van der Waals surface area contributed by atoms with Gasteiger partial charge in [-0.25, -0.2) is 4.79 Å². The van der Waals surface area contributed by atoms with E-state index < -0.39 is 41.8 Å². The Morgan fingerprint density at radius 3 is 2.35 bits per heavy atom. The third kappa shape index (κ3) is 4.96. The van der Waals surface area contributed by atoms with Crippen LogP contribution in [0.25, 0.3) is 0 Å². The first-order valence-corrected chi connectivity index (χ1v) is 13.8. The van der Waals surface area contributed by atoms with Crippen molar-refractivity contribution < 1.29 is 38.8 Å². The highest BCUT2D eigenvalue weighted by atomic mass is 16.7. The molecule has 0 aromatic rings. The second-order valence-corrected chi connectivity index (χ2v) is 13.2. The van der Waals surface area contributed by atoms with Crippen LogP contribution in [0, 0.1) is 34.0 Å². The van der Waals surface area contributed by atoms with Crippen LogP contribution in [-0.4, -0.2) is 52.7 Å². The number of carbonyl (C=O) groups excluding carboxylic acids is 3. The molecule has 0 amide bonds. The Hall–Kier alpha value is -1.93. The molecule has 2 N–H and O–H groups in total. The molecular formula is C29H44O8. The van der Waals surface area contributed by atoms with E-state index in [1.54, 1.807) is 0 Å². The number of cyclic esters (lactones) is 1. The first-order chi connectivity index (χ1) is 17.1. The van der Waals surface area contributed by atoms with Crippen LogP contribution in [0.1, 0.15) is 92.9 Å². The molecule has 2 unspecified atom stereocenters. The Bertz CT molecular complexity index is 971. The van der Waals surface area contributed by atoms with Gasteiger partial charge >= 0.3 is 17.9 Å². The molecule has 0 saturated heterocycles. The molecule has 1 heterocycles. The summed E-state index contributed by atoms with van der Waals surface area (Å²) in [6.07, 6.45) is 5.60. The molecule has 3 saturated carbocycles. The van der Waals surface area contributed by atoms with E-state index in [1.807, 2.05) is 0 Å². The highest BCUT2D eigenvalue weighted by Gasteiger charge is 2.65. The van der Waals surface area contributed by atoms with Crippen LogP contribution in [0.4, 0.5) is 0 Å². The van der Waals surface area contributed by atoms with E-state index in [9.17, 15) is 24.6 Å². The van der Waals surface area contributed by atoms with Gasteiger partial charge in [0.25, 0.3) is 6.29 Å². The third-order valence-electron chi connectivity index (χ3n) is 10.6. The minimum atomic E-state index is -1.33. The lowest BCUT2D eigenvalue weighted by atomic mass is 9.38. The van der Waals surface area contributed by atoms with Gasteiger partial charge in [-0.05, 0) is 78.9 Å². The SMILES string of the molecule is CC(=O)OC[C@]1(O)CC[C@@H]2[C@@]3(C)CCCC(C)(C)[C@@H]3CC[C@@]2(C)[C@H]1CC(O)C1=CC(=O)OC1OC(C)=O. The summed E-state index contributed by atoms with van der Waals surface area (Å²) < 4.78 is 15.6. The maximum Gasteiger partial charge on any atom is 0.334 e. The largest absolute Gasteiger partial charge is 0.463 e. The Morgan fingerprint density at radius 1 is 1.03 bits per heavy atom. The number of hydrogen-bond donors (Lipinski definition) is 2. The molecule has 8 atom stereocenters. The summed E-state index contributed by atoms with van der Waals surface area (Å²) >= 11 is 0. The van der Waals surface area contributed by atoms with Gasteiger partial charge in [-0.2, -0.15) is 0 Å². The molecule has 37 heavy (non-hydrogen) atoms. The van der Waals surface area contributed by atoms with Crippen molar-refractivity contribution in [3.05, 3.63) is 11.6 Å². The minimum absolute atomic E-state index is 0.104. The van der Waals surface area contributed by atoms with E-state index in [1.165, 1.54) is 32.8 Å². The number of esters is 3. The van der Waals surface area contributed by atoms with Crippen LogP contribution in [-0.2, 0) is 28.6 Å². The Labute approximate surface area is 220 Å². The summed E-state index contributed by atoms with van der Waals surface area (Å²) in [7, 11) is 0. The number of fused-ring (bicyclic) bond motifs is 3. The minimum Gasteiger partial charge on any atom is -0.463 e. The fraction of sp³-hybridized carbons (Fsp3) is 0.828. The summed E-state index contributed by atoms with van der Waals surface area (Å²) in [4.78, 5) is 35.3. The van der Waals surface area contributed by atoms with Gasteiger partial charge in [0.2, 0.25) is 0 Å². The zero-order valence-corrected chi connectivity index (χ0v) is 23.2. The molecule has 0 aromatic heterocycles. The number of hydrogen-bond acceptors (Lipinski definition) is 8. The van der Waals surface area contributed by atoms with Crippen LogP contribution < -0.4 is 0 Å². The second kappa shape index (κ2) is 9.67. The molecule has 0 bridgehead atoms. The summed E-state index contributed by atoms with van der Waals surface area (Å²) in [5.41, 5.74) is -1.12. The van der Waals surface area contributed by atoms with Crippen molar-refractivity contribution in [3.8, 4) is 0 Å². The summed E-state index contributed by atoms with van der Waals surface area (Å²) in [6.45, 7) is 11.8. The second-order valence-electron chi connectivity index (χ2n) is 13.2. The van der Waals surface area contributed by atoms with E-state index in [4.69, 9.17) is 14.2 Å². The summed E-state index contributed by atoms with van der Waals surface area (Å²) in [5.74, 6) is -1.27. The highest BCUT2D eigenvalue weighted by molar-refractivity contribution is 5.86. The third-order valence-corrected chi connectivity index (χ3v) is 10.6. The average molecular weight is 521 g/mol. The van der Waals surface area contributed by atoms with E-state index in [2.05, 4.69) is 27.7 Å². The molecule has 1 aliphatic heterocycles. The van der Waals surface area contributed by atoms with Crippen molar-refractivity contribution >= 4 is 17.9 Å². The smallest absolute Gasteiger partial charge is 0.334 e. The maximum absolute atomic E-state index is 12.0. The fourth-order valence-electron chi connectivity index (χ4n) is 9.10. The summed E-state index contributed by atoms with van der Waals surface area (Å²) in [5, 5.41) is 23.4. The Balaban J connectivity index is 1.69. The predicted molar refractivity (Wildman–Crippen MR) is 135 cm³/mol. The lowest BCUT2D eigenvalue weighted by molar-refractivity contribution is -0.231. The molecule has 3 fully saturated rings. The maximum atomic E-state index is 12.0. The van der Waals surface area contributed by atoms with Crippen molar-refractivity contribution in [1.82, 2.24) is 0 Å². The molecule has 4 rings (SSSR count). The molecule has 4 aliphatic rings. The van der Waals surface area contributed by atoms with Crippen molar-refractivity contribution in [2.24, 2.45) is 34.0 Å². The zero-order valence-electron chi connectivity index (χ0n) is 23.2. The monoisotopic (exact) mass is 520 g/mol. The Kier molecular flexibility index (Phi) is 7.34. The van der Waals surface area contributed by atoms with Crippen LogP contribution in [0.2, 0.25) is 0 Å². The van der Waals surface area contributed by atoms with Crippen LogP contribution in [0.3, 0.4) is 0 Å². The highest BCUT2D eigenvalue weighted by Crippen LogP contribution is 2.70. The standard InChI is InChI=1S/C29H44O8/c1-17(30)35-16-29(34)13-9-22-27(5)11-7-10-26(3,4)21(27)8-12-28(22,6)23(29)15-20(32)19-14-24(33)37-25(19)36-18(2)31/h14,20-23,25,32,34H,7-13,15-16H2,1-6H3/t20?,21-,22+,23+,25?,27-,28+,29+/m0/s1. The van der Waals surface area contributed by atoms with Gasteiger partial charge in [-0.15, -0.1) is 0 Å². The molecule has 0 radical (unpaired) electrons. The number of aliphatic hydroxyl groups excluding tert-OH is 1. The first kappa shape index (κ1) is 28.1. The Morgan fingerprint density at radius 2 is 1.70 bits per heavy atom. The number of ether oxygens (including phenoxy) is 3. The van der Waals surface area contributed by atoms with Crippen LogP contribution in [0.5, 0.6) is 0 Å². The predicted octanol–water partition coefficient (Wildman–Crippen LogP) is 4.06. The zero-order chi connectivity index (χ0) is 27.4. The van der Waals surface area contributed by atoms with Gasteiger partial charge in [-0.1, -0.05) is 34.1 Å². The van der Waals surface area contributed by atoms with Gasteiger partial charge in [0.1, 0.15) is 12.2 Å². The number of rotatable bonds is 6. The van der Waals surface area contributed by atoms with Crippen LogP contribution >= 0.6 is 0 Å². The lowest BCUT2D eigenvalue weighted by Crippen LogP contribution is -2.64. The number of carbonyl (C=O) groups is 3. The van der Waals surface area contributed by atoms with Crippen molar-refractivity contribution in [3.63, 3.8) is 0 Å². The van der Waals surface area contributed by atoms with E-state index in [-0.39, 0.29) is 34.8 Å². The van der Waals surface area contributed by atoms with Gasteiger partial charge < -0.3 is 24.4 Å². The van der Waals surface area contributed by atoms with E-state index in [0.29, 0.717) is 18.3 Å². The van der Waals surface area contributed by atoms with Crippen LogP contribution in [0.15, 0.2) is 11.6 Å². The number of aliphatic hydroxyl groups is 2. The first-order valence-electron chi connectivity index (χ1n) is 13.8. The quantitative estimate of drug-likeness (QED) is 0.503. The van der Waals surface area contributed by atoms with Gasteiger partial charge in [-0.3, -0.25) is 9.59 Å². The molecule has 0 spiro atoms. The van der Waals surface area contributed by atoms with Crippen molar-refractivity contribution in [2.45, 2.75) is 111 Å². The molecule has 3 aliphatic carbocycles. The molecule has 208 valence electrons. The molecule has 8 nitrogen and oxygen atoms in total. The van der Waals surface area contributed by atoms with Gasteiger partial charge in [0.05, 0.1) is 6.10 Å². The molecule has 0 aromatic carbocycles. The van der Waals surface area contributed by atoms with Gasteiger partial charge in [0, 0.05) is 25.5 Å². The van der Waals surface area contributed by atoms with Crippen molar-refractivity contribution in [2.75, 3.05) is 6.61 Å². The van der Waals surface area contributed by atoms with E-state index >= 15 is 0 Å².